The molecule has 2 unspecified atom stereocenters. The Morgan fingerprint density at radius 3 is 2.95 bits per heavy atom. The lowest BCUT2D eigenvalue weighted by atomic mass is 9.85. The van der Waals surface area contributed by atoms with Crippen LogP contribution in [0.25, 0.3) is 0 Å². The molecule has 2 aliphatic heterocycles. The number of rotatable bonds is 1. The van der Waals surface area contributed by atoms with Gasteiger partial charge in [0.15, 0.2) is 5.82 Å². The minimum Gasteiger partial charge on any atom is -0.375 e. The van der Waals surface area contributed by atoms with E-state index in [0.717, 1.165) is 11.1 Å². The number of carbonyl (C=O) groups excluding carboxylic acids is 1. The van der Waals surface area contributed by atoms with Gasteiger partial charge in [-0.3, -0.25) is 4.79 Å². The third-order valence-corrected chi connectivity index (χ3v) is 4.47. The largest absolute Gasteiger partial charge is 0.375 e. The maximum atomic E-state index is 14.8. The van der Waals surface area contributed by atoms with E-state index in [4.69, 9.17) is 0 Å². The van der Waals surface area contributed by atoms with Crippen LogP contribution in [-0.4, -0.2) is 11.9 Å². The van der Waals surface area contributed by atoms with E-state index in [-0.39, 0.29) is 23.7 Å². The van der Waals surface area contributed by atoms with Crippen molar-refractivity contribution in [3.8, 4) is 0 Å². The lowest BCUT2D eigenvalue weighted by molar-refractivity contribution is 0.0964. The van der Waals surface area contributed by atoms with E-state index in [1.807, 2.05) is 25.2 Å². The van der Waals surface area contributed by atoms with Crippen molar-refractivity contribution in [2.75, 3.05) is 5.32 Å². The van der Waals surface area contributed by atoms with Crippen LogP contribution in [0.3, 0.4) is 0 Å². The second kappa shape index (κ2) is 3.95. The number of carbonyl (C=O) groups is 1. The molecule has 1 aromatic carbocycles. The average molecular weight is 270 g/mol. The summed E-state index contributed by atoms with van der Waals surface area (Å²) < 4.78 is 14.8. The van der Waals surface area contributed by atoms with Gasteiger partial charge in [-0.2, -0.15) is 0 Å². The van der Waals surface area contributed by atoms with Crippen molar-refractivity contribution in [1.82, 2.24) is 5.32 Å². The zero-order chi connectivity index (χ0) is 13.9. The summed E-state index contributed by atoms with van der Waals surface area (Å²) in [5, 5.41) is 6.11. The zero-order valence-electron chi connectivity index (χ0n) is 11.2. The van der Waals surface area contributed by atoms with Gasteiger partial charge < -0.3 is 10.6 Å². The topological polar surface area (TPSA) is 41.1 Å². The Labute approximate surface area is 116 Å². The highest BCUT2D eigenvalue weighted by Gasteiger charge is 2.39. The molecule has 3 nitrogen and oxygen atoms in total. The number of nitrogens with one attached hydrogen (secondary N) is 2. The number of hydrogen-bond donors (Lipinski definition) is 2. The number of halogens is 1. The Bertz CT molecular complexity index is 690. The number of anilines is 1. The van der Waals surface area contributed by atoms with Crippen molar-refractivity contribution >= 4 is 11.6 Å². The Morgan fingerprint density at radius 2 is 2.15 bits per heavy atom. The first-order valence-corrected chi connectivity index (χ1v) is 6.99. The summed E-state index contributed by atoms with van der Waals surface area (Å²) in [5.74, 6) is -0.274. The molecule has 1 aromatic rings. The third kappa shape index (κ3) is 1.31. The molecule has 0 fully saturated rings. The van der Waals surface area contributed by atoms with Crippen molar-refractivity contribution in [1.29, 1.82) is 0 Å². The number of amides is 1. The highest BCUT2D eigenvalue weighted by Crippen LogP contribution is 2.46. The van der Waals surface area contributed by atoms with Crippen molar-refractivity contribution in [3.05, 3.63) is 52.4 Å². The van der Waals surface area contributed by atoms with Gasteiger partial charge in [-0.25, -0.2) is 4.39 Å². The highest BCUT2D eigenvalue weighted by molar-refractivity contribution is 6.01. The van der Waals surface area contributed by atoms with Crippen molar-refractivity contribution in [2.24, 2.45) is 0 Å². The van der Waals surface area contributed by atoms with Gasteiger partial charge in [-0.15, -0.1) is 0 Å². The summed E-state index contributed by atoms with van der Waals surface area (Å²) in [6.45, 7) is 2.39. The highest BCUT2D eigenvalue weighted by atomic mass is 19.1. The Balaban J connectivity index is 2.03. The van der Waals surface area contributed by atoms with Crippen LogP contribution in [0.2, 0.25) is 0 Å². The summed E-state index contributed by atoms with van der Waals surface area (Å²) in [7, 11) is 0. The van der Waals surface area contributed by atoms with E-state index in [9.17, 15) is 9.18 Å². The Morgan fingerprint density at radius 1 is 1.35 bits per heavy atom. The van der Waals surface area contributed by atoms with E-state index in [1.54, 1.807) is 0 Å². The van der Waals surface area contributed by atoms with Gasteiger partial charge >= 0.3 is 0 Å². The zero-order valence-corrected chi connectivity index (χ0v) is 11.2. The first-order chi connectivity index (χ1) is 9.72. The van der Waals surface area contributed by atoms with Gasteiger partial charge in [-0.05, 0) is 17.5 Å². The predicted molar refractivity (Wildman–Crippen MR) is 75.4 cm³/mol. The molecule has 0 saturated carbocycles. The van der Waals surface area contributed by atoms with Crippen LogP contribution in [0, 0.1) is 5.82 Å². The molecule has 2 atom stereocenters. The summed E-state index contributed by atoms with van der Waals surface area (Å²) >= 11 is 0. The maximum Gasteiger partial charge on any atom is 0.252 e. The number of benzene rings is 1. The fourth-order valence-corrected chi connectivity index (χ4v) is 3.59. The van der Waals surface area contributed by atoms with E-state index >= 15 is 0 Å². The fourth-order valence-electron chi connectivity index (χ4n) is 3.59. The van der Waals surface area contributed by atoms with E-state index in [1.165, 1.54) is 0 Å². The van der Waals surface area contributed by atoms with Crippen molar-refractivity contribution in [2.45, 2.75) is 31.8 Å². The van der Waals surface area contributed by atoms with Crippen LogP contribution >= 0.6 is 0 Å². The minimum absolute atomic E-state index is 0.0939. The summed E-state index contributed by atoms with van der Waals surface area (Å²) in [6.07, 6.45) is 8.62. The molecule has 1 aliphatic carbocycles. The maximum absolute atomic E-state index is 14.8. The number of fused-ring (bicyclic) bond motifs is 5. The number of hydrogen-bond acceptors (Lipinski definition) is 2. The third-order valence-electron chi connectivity index (χ3n) is 4.47. The first kappa shape index (κ1) is 11.7. The summed E-state index contributed by atoms with van der Waals surface area (Å²) in [4.78, 5) is 12.0. The lowest BCUT2D eigenvalue weighted by Crippen LogP contribution is -2.18. The quantitative estimate of drug-likeness (QED) is 0.823. The molecule has 0 radical (unpaired) electrons. The fraction of sp³-hybridized carbons (Fsp3) is 0.312. The SMILES string of the molecule is CCc1c(F)c2c(c3c1C(=O)NC3)C1C=CC=CC1N2. The van der Waals surface area contributed by atoms with Crippen LogP contribution in [0.5, 0.6) is 0 Å². The van der Waals surface area contributed by atoms with Gasteiger partial charge in [0.2, 0.25) is 0 Å². The summed E-state index contributed by atoms with van der Waals surface area (Å²) in [5.41, 5.74) is 3.62. The van der Waals surface area contributed by atoms with Gasteiger partial charge in [0, 0.05) is 18.0 Å². The molecule has 102 valence electrons. The van der Waals surface area contributed by atoms with E-state index in [0.29, 0.717) is 29.8 Å². The van der Waals surface area contributed by atoms with Gasteiger partial charge in [0.05, 0.1) is 17.3 Å². The molecule has 2 heterocycles. The van der Waals surface area contributed by atoms with Crippen LogP contribution in [0.1, 0.15) is 39.9 Å². The molecule has 3 aliphatic rings. The average Bonchev–Trinajstić information content (AvgIpc) is 3.01. The van der Waals surface area contributed by atoms with Crippen molar-refractivity contribution in [3.63, 3.8) is 0 Å². The Kier molecular flexibility index (Phi) is 2.31. The van der Waals surface area contributed by atoms with Gasteiger partial charge in [0.25, 0.3) is 5.91 Å². The predicted octanol–water partition coefficient (Wildman–Crippen LogP) is 2.64. The molecule has 0 spiro atoms. The molecule has 4 rings (SSSR count). The first-order valence-electron chi connectivity index (χ1n) is 6.99. The van der Waals surface area contributed by atoms with Gasteiger partial charge in [-0.1, -0.05) is 31.2 Å². The lowest BCUT2D eigenvalue weighted by Gasteiger charge is -2.17. The van der Waals surface area contributed by atoms with E-state index < -0.39 is 0 Å². The van der Waals surface area contributed by atoms with E-state index in [2.05, 4.69) is 16.7 Å². The van der Waals surface area contributed by atoms with Crippen LogP contribution in [0.4, 0.5) is 10.1 Å². The standard InChI is InChI=1S/C16H15FN2O/c1-2-8-13-10(7-18-16(13)20)12-9-5-3-4-6-11(9)19-15(12)14(8)17/h3-6,9,11,19H,2,7H2,1H3,(H,18,20). The smallest absolute Gasteiger partial charge is 0.252 e. The minimum atomic E-state index is -0.255. The number of allylic oxidation sites excluding steroid dienone is 2. The van der Waals surface area contributed by atoms with Gasteiger partial charge in [0.1, 0.15) is 0 Å². The van der Waals surface area contributed by atoms with Crippen LogP contribution < -0.4 is 10.6 Å². The molecular formula is C16H15FN2O. The molecule has 0 bridgehead atoms. The molecule has 20 heavy (non-hydrogen) atoms. The van der Waals surface area contributed by atoms with Crippen molar-refractivity contribution < 1.29 is 9.18 Å². The molecule has 2 N–H and O–H groups in total. The molecular weight excluding hydrogens is 255 g/mol. The molecule has 1 amide bonds. The second-order valence-electron chi connectivity index (χ2n) is 5.44. The monoisotopic (exact) mass is 270 g/mol. The molecule has 0 saturated heterocycles. The van der Waals surface area contributed by atoms with Crippen LogP contribution in [-0.2, 0) is 13.0 Å². The Hall–Kier alpha value is -2.10. The normalized spacial score (nSPS) is 25.0. The summed E-state index contributed by atoms with van der Waals surface area (Å²) in [6, 6.07) is 0.0939. The molecule has 0 aromatic heterocycles. The van der Waals surface area contributed by atoms with Crippen LogP contribution in [0.15, 0.2) is 24.3 Å². The molecule has 4 heteroatoms. The second-order valence-corrected chi connectivity index (χ2v) is 5.44.